The largest absolute Gasteiger partial charge is 0.294 e. The van der Waals surface area contributed by atoms with Crippen molar-refractivity contribution in [2.75, 3.05) is 0 Å². The molecular weight excluding hydrogens is 268 g/mol. The molecule has 0 N–H and O–H groups in total. The molecule has 0 heterocycles. The van der Waals surface area contributed by atoms with E-state index in [0.717, 1.165) is 19.3 Å². The smallest absolute Gasteiger partial charge is 0.166 e. The summed E-state index contributed by atoms with van der Waals surface area (Å²) in [5.74, 6) is 0.238. The molecule has 22 heavy (non-hydrogen) atoms. The van der Waals surface area contributed by atoms with Crippen molar-refractivity contribution in [1.29, 1.82) is 0 Å². The predicted molar refractivity (Wildman–Crippen MR) is 96.8 cm³/mol. The highest BCUT2D eigenvalue weighted by molar-refractivity contribution is 5.99. The Labute approximate surface area is 136 Å². The molecule has 0 saturated carbocycles. The first kappa shape index (κ1) is 18.4. The van der Waals surface area contributed by atoms with Crippen LogP contribution in [0.1, 0.15) is 60.8 Å². The molecule has 0 unspecified atom stereocenters. The Hall–Kier alpha value is -1.63. The Bertz CT molecular complexity index is 533. The Kier molecular flexibility index (Phi) is 6.80. The van der Waals surface area contributed by atoms with Crippen molar-refractivity contribution < 1.29 is 4.79 Å². The number of allylic oxidation sites excluding steroid dienone is 10. The molecule has 1 rings (SSSR count). The number of ketones is 1. The van der Waals surface area contributed by atoms with Crippen molar-refractivity contribution in [3.8, 4) is 0 Å². The summed E-state index contributed by atoms with van der Waals surface area (Å²) in [6.07, 6.45) is 14.8. The molecule has 1 aliphatic carbocycles. The van der Waals surface area contributed by atoms with Crippen LogP contribution in [0.25, 0.3) is 0 Å². The van der Waals surface area contributed by atoms with E-state index in [1.807, 2.05) is 6.08 Å². The normalized spacial score (nSPS) is 15.9. The van der Waals surface area contributed by atoms with E-state index in [4.69, 9.17) is 0 Å². The van der Waals surface area contributed by atoms with E-state index in [-0.39, 0.29) is 5.78 Å². The molecule has 0 atom stereocenters. The van der Waals surface area contributed by atoms with Gasteiger partial charge >= 0.3 is 0 Å². The SMILES string of the molecule is CC(C)=CCC1=CC=CC(=O)C1(CC=C(C)C)CC=C(C)C. The zero-order valence-electron chi connectivity index (χ0n) is 15.0. The molecule has 0 fully saturated rings. The third kappa shape index (κ3) is 4.98. The lowest BCUT2D eigenvalue weighted by molar-refractivity contribution is -0.122. The lowest BCUT2D eigenvalue weighted by Crippen LogP contribution is -2.33. The van der Waals surface area contributed by atoms with Crippen LogP contribution in [0, 0.1) is 5.41 Å². The van der Waals surface area contributed by atoms with Crippen LogP contribution in [-0.2, 0) is 4.79 Å². The van der Waals surface area contributed by atoms with Crippen molar-refractivity contribution in [3.05, 3.63) is 58.7 Å². The Morgan fingerprint density at radius 3 is 1.86 bits per heavy atom. The average molecular weight is 298 g/mol. The van der Waals surface area contributed by atoms with E-state index in [0.29, 0.717) is 0 Å². The highest BCUT2D eigenvalue weighted by Crippen LogP contribution is 2.42. The van der Waals surface area contributed by atoms with E-state index in [2.05, 4.69) is 65.8 Å². The van der Waals surface area contributed by atoms with Gasteiger partial charge in [-0.25, -0.2) is 0 Å². The monoisotopic (exact) mass is 298 g/mol. The van der Waals surface area contributed by atoms with Crippen molar-refractivity contribution in [1.82, 2.24) is 0 Å². The first-order valence-corrected chi connectivity index (χ1v) is 8.10. The molecule has 120 valence electrons. The third-order valence-electron chi connectivity index (χ3n) is 4.08. The van der Waals surface area contributed by atoms with Crippen LogP contribution in [-0.4, -0.2) is 5.78 Å². The van der Waals surface area contributed by atoms with Gasteiger partial charge in [-0.05, 0) is 66.9 Å². The van der Waals surface area contributed by atoms with Gasteiger partial charge in [-0.3, -0.25) is 4.79 Å². The molecule has 1 heteroatoms. The quantitative estimate of drug-likeness (QED) is 0.541. The van der Waals surface area contributed by atoms with E-state index in [1.165, 1.54) is 22.3 Å². The molecule has 0 aromatic carbocycles. The van der Waals surface area contributed by atoms with Gasteiger partial charge in [0.1, 0.15) is 0 Å². The first-order chi connectivity index (χ1) is 10.3. The van der Waals surface area contributed by atoms with Gasteiger partial charge in [-0.1, -0.05) is 52.7 Å². The highest BCUT2D eigenvalue weighted by atomic mass is 16.1. The molecule has 0 amide bonds. The van der Waals surface area contributed by atoms with Crippen LogP contribution >= 0.6 is 0 Å². The van der Waals surface area contributed by atoms with Crippen LogP contribution in [0.2, 0.25) is 0 Å². The maximum absolute atomic E-state index is 12.8. The minimum atomic E-state index is -0.408. The van der Waals surface area contributed by atoms with Gasteiger partial charge in [0.25, 0.3) is 0 Å². The van der Waals surface area contributed by atoms with Gasteiger partial charge in [0.05, 0.1) is 5.41 Å². The van der Waals surface area contributed by atoms with E-state index < -0.39 is 5.41 Å². The summed E-state index contributed by atoms with van der Waals surface area (Å²) < 4.78 is 0. The summed E-state index contributed by atoms with van der Waals surface area (Å²) in [7, 11) is 0. The first-order valence-electron chi connectivity index (χ1n) is 8.10. The molecule has 0 aromatic rings. The summed E-state index contributed by atoms with van der Waals surface area (Å²) in [5.41, 5.74) is 4.65. The van der Waals surface area contributed by atoms with Crippen LogP contribution < -0.4 is 0 Å². The molecular formula is C21H30O. The summed E-state index contributed by atoms with van der Waals surface area (Å²) in [4.78, 5) is 12.8. The summed E-state index contributed by atoms with van der Waals surface area (Å²) in [6, 6.07) is 0. The zero-order valence-corrected chi connectivity index (χ0v) is 15.0. The zero-order chi connectivity index (χ0) is 16.8. The van der Waals surface area contributed by atoms with Crippen LogP contribution in [0.4, 0.5) is 0 Å². The Balaban J connectivity index is 3.27. The fourth-order valence-corrected chi connectivity index (χ4v) is 2.61. The molecule has 1 aliphatic rings. The minimum absolute atomic E-state index is 0.238. The maximum Gasteiger partial charge on any atom is 0.166 e. The third-order valence-corrected chi connectivity index (χ3v) is 4.08. The predicted octanol–water partition coefficient (Wildman–Crippen LogP) is 6.11. The van der Waals surface area contributed by atoms with Gasteiger partial charge < -0.3 is 0 Å². The van der Waals surface area contributed by atoms with Gasteiger partial charge in [-0.15, -0.1) is 0 Å². The summed E-state index contributed by atoms with van der Waals surface area (Å²) >= 11 is 0. The fraction of sp³-hybridized carbons (Fsp3) is 0.476. The Morgan fingerprint density at radius 1 is 0.909 bits per heavy atom. The van der Waals surface area contributed by atoms with Gasteiger partial charge in [0, 0.05) is 0 Å². The van der Waals surface area contributed by atoms with Gasteiger partial charge in [0.2, 0.25) is 0 Å². The second-order valence-electron chi connectivity index (χ2n) is 6.95. The van der Waals surface area contributed by atoms with E-state index in [1.54, 1.807) is 6.08 Å². The number of hydrogen-bond acceptors (Lipinski definition) is 1. The molecule has 0 aliphatic heterocycles. The van der Waals surface area contributed by atoms with Gasteiger partial charge in [-0.2, -0.15) is 0 Å². The highest BCUT2D eigenvalue weighted by Gasteiger charge is 2.39. The number of carbonyl (C=O) groups excluding carboxylic acids is 1. The minimum Gasteiger partial charge on any atom is -0.294 e. The number of rotatable bonds is 6. The van der Waals surface area contributed by atoms with Crippen molar-refractivity contribution in [2.45, 2.75) is 60.8 Å². The molecule has 0 spiro atoms. The maximum atomic E-state index is 12.8. The van der Waals surface area contributed by atoms with Crippen molar-refractivity contribution in [2.24, 2.45) is 5.41 Å². The Morgan fingerprint density at radius 2 is 1.41 bits per heavy atom. The van der Waals surface area contributed by atoms with Crippen molar-refractivity contribution >= 4 is 5.78 Å². The molecule has 0 bridgehead atoms. The van der Waals surface area contributed by atoms with Gasteiger partial charge in [0.15, 0.2) is 5.78 Å². The lowest BCUT2D eigenvalue weighted by Gasteiger charge is -2.34. The lowest BCUT2D eigenvalue weighted by atomic mass is 9.67. The van der Waals surface area contributed by atoms with E-state index >= 15 is 0 Å². The molecule has 1 nitrogen and oxygen atoms in total. The van der Waals surface area contributed by atoms with Crippen molar-refractivity contribution in [3.63, 3.8) is 0 Å². The second kappa shape index (κ2) is 8.12. The number of hydrogen-bond donors (Lipinski definition) is 0. The van der Waals surface area contributed by atoms with Crippen LogP contribution in [0.3, 0.4) is 0 Å². The van der Waals surface area contributed by atoms with Crippen LogP contribution in [0.15, 0.2) is 58.7 Å². The molecule has 0 saturated heterocycles. The second-order valence-corrected chi connectivity index (χ2v) is 6.95. The number of carbonyl (C=O) groups is 1. The summed E-state index contributed by atoms with van der Waals surface area (Å²) in [5, 5.41) is 0. The topological polar surface area (TPSA) is 17.1 Å². The molecule has 0 radical (unpaired) electrons. The standard InChI is InChI=1S/C21H30O/c1-16(2)10-11-19-8-7-9-20(22)21(19,14-12-17(3)4)15-13-18(5)6/h7-10,12-13H,11,14-15H2,1-6H3. The fourth-order valence-electron chi connectivity index (χ4n) is 2.61. The molecule has 0 aromatic heterocycles. The average Bonchev–Trinajstić information content (AvgIpc) is 2.42. The van der Waals surface area contributed by atoms with E-state index in [9.17, 15) is 4.79 Å². The van der Waals surface area contributed by atoms with Crippen LogP contribution in [0.5, 0.6) is 0 Å². The summed E-state index contributed by atoms with van der Waals surface area (Å²) in [6.45, 7) is 12.6.